The van der Waals surface area contributed by atoms with Gasteiger partial charge in [-0.15, -0.1) is 0 Å². The van der Waals surface area contributed by atoms with Gasteiger partial charge in [0, 0.05) is 23.4 Å². The number of hydrogen-bond acceptors (Lipinski definition) is 3. The Balaban J connectivity index is 1.91. The third-order valence-electron chi connectivity index (χ3n) is 4.34. The van der Waals surface area contributed by atoms with Crippen LogP contribution in [0.3, 0.4) is 0 Å². The summed E-state index contributed by atoms with van der Waals surface area (Å²) in [5.74, 6) is 0. The maximum absolute atomic E-state index is 6.30. The highest BCUT2D eigenvalue weighted by Crippen LogP contribution is 2.36. The van der Waals surface area contributed by atoms with Crippen LogP contribution in [0.4, 0.5) is 5.69 Å². The van der Waals surface area contributed by atoms with Crippen LogP contribution in [-0.4, -0.2) is 38.1 Å². The van der Waals surface area contributed by atoms with Gasteiger partial charge >= 0.3 is 0 Å². The number of halogens is 2. The largest absolute Gasteiger partial charge is 0.377 e. The minimum atomic E-state index is 0.237. The number of ether oxygens (including phenoxy) is 1. The molecule has 3 nitrogen and oxygen atoms in total. The first kappa shape index (κ1) is 15.0. The molecular weight excluding hydrogens is 331 g/mol. The molecule has 0 saturated carbocycles. The van der Waals surface area contributed by atoms with Crippen molar-refractivity contribution in [1.29, 1.82) is 0 Å². The summed E-state index contributed by atoms with van der Waals surface area (Å²) in [5, 5.41) is 1.13. The second-order valence-electron chi connectivity index (χ2n) is 5.76. The number of nitrogens with zero attached hydrogens (tertiary/aromatic N) is 2. The monoisotopic (exact) mass is 346 g/mol. The van der Waals surface area contributed by atoms with Crippen LogP contribution in [0.5, 0.6) is 0 Å². The zero-order valence-corrected chi connectivity index (χ0v) is 14.0. The molecule has 2 aliphatic rings. The number of morpholine rings is 1. The molecule has 0 aromatic heterocycles. The van der Waals surface area contributed by atoms with Crippen LogP contribution >= 0.6 is 23.2 Å². The molecule has 0 radical (unpaired) electrons. The summed E-state index contributed by atoms with van der Waals surface area (Å²) in [6.07, 6.45) is 0. The first-order chi connectivity index (χ1) is 11.2. The Morgan fingerprint density at radius 2 is 1.87 bits per heavy atom. The van der Waals surface area contributed by atoms with Crippen molar-refractivity contribution in [1.82, 2.24) is 0 Å². The first-order valence-electron chi connectivity index (χ1n) is 7.68. The summed E-state index contributed by atoms with van der Waals surface area (Å²) < 4.78 is 5.63. The Labute approximate surface area is 145 Å². The number of rotatable bonds is 1. The summed E-state index contributed by atoms with van der Waals surface area (Å²) in [6.45, 7) is 2.95. The Bertz CT molecular complexity index is 761. The maximum Gasteiger partial charge on any atom is 0.0741 e. The van der Waals surface area contributed by atoms with E-state index in [0.717, 1.165) is 35.7 Å². The van der Waals surface area contributed by atoms with Crippen molar-refractivity contribution in [2.45, 2.75) is 6.04 Å². The highest BCUT2D eigenvalue weighted by molar-refractivity contribution is 6.42. The standard InChI is InChI=1S/C18H16Cl2N2O/c19-15-8-14-17(9-16(15)20)22-6-7-23-11-13(22)10-21-18(14)12-4-2-1-3-5-12/h1-5,8-9,13H,6-7,10-11H2. The fraction of sp³-hybridized carbons (Fsp3) is 0.278. The van der Waals surface area contributed by atoms with Crippen LogP contribution in [0.1, 0.15) is 11.1 Å². The topological polar surface area (TPSA) is 24.8 Å². The summed E-state index contributed by atoms with van der Waals surface area (Å²) in [5.41, 5.74) is 4.18. The summed E-state index contributed by atoms with van der Waals surface area (Å²) in [6, 6.07) is 14.3. The van der Waals surface area contributed by atoms with E-state index in [0.29, 0.717) is 23.2 Å². The zero-order valence-electron chi connectivity index (χ0n) is 12.5. The van der Waals surface area contributed by atoms with Gasteiger partial charge in [-0.2, -0.15) is 0 Å². The average molecular weight is 347 g/mol. The third kappa shape index (κ3) is 2.74. The number of anilines is 1. The number of fused-ring (bicyclic) bond motifs is 3. The molecule has 1 unspecified atom stereocenters. The Morgan fingerprint density at radius 3 is 2.70 bits per heavy atom. The van der Waals surface area contributed by atoms with Crippen molar-refractivity contribution in [2.24, 2.45) is 4.99 Å². The summed E-state index contributed by atoms with van der Waals surface area (Å²) in [7, 11) is 0. The van der Waals surface area contributed by atoms with Gasteiger partial charge in [0.05, 0.1) is 41.6 Å². The molecule has 0 spiro atoms. The van der Waals surface area contributed by atoms with Crippen LogP contribution in [0.25, 0.3) is 0 Å². The van der Waals surface area contributed by atoms with Crippen molar-refractivity contribution in [2.75, 3.05) is 31.2 Å². The van der Waals surface area contributed by atoms with Crippen LogP contribution in [-0.2, 0) is 4.74 Å². The normalized spacial score (nSPS) is 20.3. The molecular formula is C18H16Cl2N2O. The quantitative estimate of drug-likeness (QED) is 0.778. The molecule has 0 N–H and O–H groups in total. The minimum absolute atomic E-state index is 0.237. The van der Waals surface area contributed by atoms with E-state index in [1.807, 2.05) is 30.3 Å². The van der Waals surface area contributed by atoms with Gasteiger partial charge in [0.2, 0.25) is 0 Å². The molecule has 0 bridgehead atoms. The molecule has 2 aliphatic heterocycles. The lowest BCUT2D eigenvalue weighted by molar-refractivity contribution is 0.0966. The molecule has 0 aliphatic carbocycles. The van der Waals surface area contributed by atoms with E-state index in [9.17, 15) is 0 Å². The minimum Gasteiger partial charge on any atom is -0.377 e. The molecule has 4 rings (SSSR count). The van der Waals surface area contributed by atoms with Gasteiger partial charge in [0.25, 0.3) is 0 Å². The van der Waals surface area contributed by atoms with Gasteiger partial charge in [0.15, 0.2) is 0 Å². The van der Waals surface area contributed by atoms with E-state index in [4.69, 9.17) is 32.9 Å². The van der Waals surface area contributed by atoms with E-state index in [1.165, 1.54) is 0 Å². The van der Waals surface area contributed by atoms with Gasteiger partial charge in [0.1, 0.15) is 0 Å². The lowest BCUT2D eigenvalue weighted by Gasteiger charge is -2.36. The summed E-state index contributed by atoms with van der Waals surface area (Å²) in [4.78, 5) is 7.23. The molecule has 2 aromatic carbocycles. The van der Waals surface area contributed by atoms with E-state index in [2.05, 4.69) is 17.0 Å². The highest BCUT2D eigenvalue weighted by atomic mass is 35.5. The molecule has 23 heavy (non-hydrogen) atoms. The average Bonchev–Trinajstić information content (AvgIpc) is 2.74. The van der Waals surface area contributed by atoms with Crippen LogP contribution in [0, 0.1) is 0 Å². The lowest BCUT2D eigenvalue weighted by Crippen LogP contribution is -2.47. The predicted molar refractivity (Wildman–Crippen MR) is 95.4 cm³/mol. The van der Waals surface area contributed by atoms with Crippen molar-refractivity contribution in [3.05, 3.63) is 63.6 Å². The van der Waals surface area contributed by atoms with E-state index >= 15 is 0 Å². The molecule has 0 amide bonds. The van der Waals surface area contributed by atoms with Crippen molar-refractivity contribution >= 4 is 34.6 Å². The van der Waals surface area contributed by atoms with Crippen LogP contribution < -0.4 is 4.90 Å². The van der Waals surface area contributed by atoms with Crippen LogP contribution in [0.15, 0.2) is 47.5 Å². The molecule has 5 heteroatoms. The van der Waals surface area contributed by atoms with E-state index < -0.39 is 0 Å². The fourth-order valence-electron chi connectivity index (χ4n) is 3.21. The number of hydrogen-bond donors (Lipinski definition) is 0. The molecule has 1 saturated heterocycles. The SMILES string of the molecule is Clc1cc2c(cc1Cl)N1CCOCC1CN=C2c1ccccc1. The second kappa shape index (κ2) is 6.16. The first-order valence-corrected chi connectivity index (χ1v) is 8.43. The smallest absolute Gasteiger partial charge is 0.0741 e. The van der Waals surface area contributed by atoms with Gasteiger partial charge in [-0.3, -0.25) is 4.99 Å². The van der Waals surface area contributed by atoms with Crippen molar-refractivity contribution in [3.8, 4) is 0 Å². The van der Waals surface area contributed by atoms with Gasteiger partial charge in [-0.1, -0.05) is 53.5 Å². The Morgan fingerprint density at radius 1 is 1.09 bits per heavy atom. The summed E-state index contributed by atoms with van der Waals surface area (Å²) >= 11 is 12.6. The maximum atomic E-state index is 6.30. The van der Waals surface area contributed by atoms with Gasteiger partial charge in [-0.05, 0) is 12.1 Å². The predicted octanol–water partition coefficient (Wildman–Crippen LogP) is 4.05. The molecule has 118 valence electrons. The third-order valence-corrected chi connectivity index (χ3v) is 5.06. The number of aliphatic imine (C=N–C) groups is 1. The van der Waals surface area contributed by atoms with Crippen molar-refractivity contribution < 1.29 is 4.74 Å². The Kier molecular flexibility index (Phi) is 4.02. The molecule has 2 heterocycles. The lowest BCUT2D eigenvalue weighted by atomic mass is 10.00. The molecule has 1 fully saturated rings. The number of benzene rings is 2. The van der Waals surface area contributed by atoms with Crippen LogP contribution in [0.2, 0.25) is 10.0 Å². The highest BCUT2D eigenvalue weighted by Gasteiger charge is 2.30. The molecule has 2 aromatic rings. The van der Waals surface area contributed by atoms with Gasteiger partial charge < -0.3 is 9.64 Å². The molecule has 1 atom stereocenters. The zero-order chi connectivity index (χ0) is 15.8. The second-order valence-corrected chi connectivity index (χ2v) is 6.58. The fourth-order valence-corrected chi connectivity index (χ4v) is 3.53. The Hall–Kier alpha value is -1.55. The van der Waals surface area contributed by atoms with Crippen molar-refractivity contribution in [3.63, 3.8) is 0 Å². The van der Waals surface area contributed by atoms with Gasteiger partial charge in [-0.25, -0.2) is 0 Å². The van der Waals surface area contributed by atoms with E-state index in [-0.39, 0.29) is 6.04 Å². The van der Waals surface area contributed by atoms with E-state index in [1.54, 1.807) is 0 Å².